The predicted octanol–water partition coefficient (Wildman–Crippen LogP) is 5.61. The van der Waals surface area contributed by atoms with Crippen molar-refractivity contribution < 1.29 is 4.79 Å². The number of nitrogens with one attached hydrogen (secondary N) is 1. The van der Waals surface area contributed by atoms with Gasteiger partial charge in [-0.25, -0.2) is 0 Å². The van der Waals surface area contributed by atoms with E-state index in [1.54, 1.807) is 42.3 Å². The monoisotopic (exact) mass is 397 g/mol. The fraction of sp³-hybridized carbons (Fsp3) is 0.143. The molecule has 0 bridgehead atoms. The van der Waals surface area contributed by atoms with E-state index in [1.807, 2.05) is 18.2 Å². The third-order valence-corrected chi connectivity index (χ3v) is 4.95. The molecular formula is C21H17Cl2N3O. The van der Waals surface area contributed by atoms with Crippen LogP contribution in [0.5, 0.6) is 0 Å². The fourth-order valence-electron chi connectivity index (χ4n) is 2.89. The first kappa shape index (κ1) is 19.0. The van der Waals surface area contributed by atoms with Crippen molar-refractivity contribution in [3.05, 3.63) is 87.2 Å². The van der Waals surface area contributed by atoms with Crippen molar-refractivity contribution in [3.63, 3.8) is 0 Å². The van der Waals surface area contributed by atoms with Crippen molar-refractivity contribution in [3.8, 4) is 6.07 Å². The number of carbonyl (C=O) groups is 1. The summed E-state index contributed by atoms with van der Waals surface area (Å²) < 4.78 is 0. The minimum Gasteiger partial charge on any atom is -0.354 e. The van der Waals surface area contributed by atoms with Gasteiger partial charge in [0.1, 0.15) is 0 Å². The number of halogens is 2. The molecule has 0 heterocycles. The summed E-state index contributed by atoms with van der Waals surface area (Å²) >= 11 is 12.4. The molecule has 1 aliphatic carbocycles. The molecule has 27 heavy (non-hydrogen) atoms. The maximum absolute atomic E-state index is 13.0. The van der Waals surface area contributed by atoms with Crippen molar-refractivity contribution in [2.75, 3.05) is 12.4 Å². The third kappa shape index (κ3) is 4.16. The Kier molecular flexibility index (Phi) is 5.85. The molecule has 0 atom stereocenters. The van der Waals surface area contributed by atoms with Gasteiger partial charge < -0.3 is 10.2 Å². The fourth-order valence-corrected chi connectivity index (χ4v) is 3.45. The van der Waals surface area contributed by atoms with Crippen LogP contribution in [0.1, 0.15) is 28.8 Å². The Bertz CT molecular complexity index is 952. The van der Waals surface area contributed by atoms with E-state index in [1.165, 1.54) is 0 Å². The summed E-state index contributed by atoms with van der Waals surface area (Å²) in [4.78, 5) is 14.6. The average molecular weight is 398 g/mol. The van der Waals surface area contributed by atoms with E-state index in [2.05, 4.69) is 17.5 Å². The zero-order chi connectivity index (χ0) is 19.4. The first-order valence-electron chi connectivity index (χ1n) is 8.40. The van der Waals surface area contributed by atoms with E-state index in [0.717, 1.165) is 23.5 Å². The number of carbonyl (C=O) groups excluding carboxylic acids is 1. The number of nitriles is 1. The molecule has 1 amide bonds. The summed E-state index contributed by atoms with van der Waals surface area (Å²) in [7, 11) is 1.72. The first-order valence-corrected chi connectivity index (χ1v) is 9.16. The molecule has 1 aliphatic rings. The van der Waals surface area contributed by atoms with Gasteiger partial charge in [-0.15, -0.1) is 0 Å². The van der Waals surface area contributed by atoms with Crippen LogP contribution in [0.4, 0.5) is 5.69 Å². The molecule has 6 heteroatoms. The molecule has 0 saturated heterocycles. The first-order chi connectivity index (χ1) is 13.0. The van der Waals surface area contributed by atoms with Gasteiger partial charge in [0.2, 0.25) is 0 Å². The highest BCUT2D eigenvalue weighted by atomic mass is 35.5. The largest absolute Gasteiger partial charge is 0.354 e. The molecule has 0 aromatic heterocycles. The number of rotatable bonds is 4. The molecule has 3 rings (SSSR count). The molecule has 136 valence electrons. The van der Waals surface area contributed by atoms with Crippen molar-refractivity contribution in [2.45, 2.75) is 12.8 Å². The number of hydrogen-bond donors (Lipinski definition) is 1. The van der Waals surface area contributed by atoms with Gasteiger partial charge >= 0.3 is 0 Å². The van der Waals surface area contributed by atoms with E-state index < -0.39 is 0 Å². The van der Waals surface area contributed by atoms with E-state index in [4.69, 9.17) is 28.5 Å². The molecule has 0 spiro atoms. The van der Waals surface area contributed by atoms with E-state index in [-0.39, 0.29) is 5.91 Å². The average Bonchev–Trinajstić information content (AvgIpc) is 2.68. The van der Waals surface area contributed by atoms with E-state index in [0.29, 0.717) is 27.6 Å². The summed E-state index contributed by atoms with van der Waals surface area (Å²) in [5, 5.41) is 12.9. The lowest BCUT2D eigenvalue weighted by Gasteiger charge is -2.26. The number of amides is 1. The minimum atomic E-state index is -0.255. The summed E-state index contributed by atoms with van der Waals surface area (Å²) in [5.41, 5.74) is 3.40. The second-order valence-electron chi connectivity index (χ2n) is 6.08. The van der Waals surface area contributed by atoms with Crippen LogP contribution in [0, 0.1) is 11.3 Å². The van der Waals surface area contributed by atoms with Crippen LogP contribution in [0.15, 0.2) is 66.0 Å². The van der Waals surface area contributed by atoms with Gasteiger partial charge in [-0.3, -0.25) is 4.79 Å². The van der Waals surface area contributed by atoms with Crippen LogP contribution >= 0.6 is 23.2 Å². The van der Waals surface area contributed by atoms with Gasteiger partial charge in [-0.2, -0.15) is 5.26 Å². The van der Waals surface area contributed by atoms with Crippen molar-refractivity contribution in [2.24, 2.45) is 0 Å². The Morgan fingerprint density at radius 3 is 2.44 bits per heavy atom. The van der Waals surface area contributed by atoms with Gasteiger partial charge in [0.05, 0.1) is 32.9 Å². The number of allylic oxidation sites excluding steroid dienone is 3. The molecule has 2 aromatic carbocycles. The minimum absolute atomic E-state index is 0.255. The van der Waals surface area contributed by atoms with Crippen LogP contribution in [0.25, 0.3) is 0 Å². The summed E-state index contributed by atoms with van der Waals surface area (Å²) in [6.07, 6.45) is 5.55. The maximum Gasteiger partial charge on any atom is 0.260 e. The number of anilines is 1. The summed E-state index contributed by atoms with van der Waals surface area (Å²) in [6, 6.07) is 14.3. The van der Waals surface area contributed by atoms with Gasteiger partial charge in [0.25, 0.3) is 5.91 Å². The molecule has 0 fully saturated rings. The van der Waals surface area contributed by atoms with Crippen molar-refractivity contribution in [1.82, 2.24) is 4.90 Å². The van der Waals surface area contributed by atoms with Gasteiger partial charge in [0, 0.05) is 18.4 Å². The summed E-state index contributed by atoms with van der Waals surface area (Å²) in [5.74, 6) is -0.255. The molecule has 2 aromatic rings. The molecule has 0 saturated carbocycles. The SMILES string of the molecule is CN(C(=O)c1c(Cl)cccc1Cl)C1=C(Nc2ccc(C#N)cc2)C=CCC1. The maximum atomic E-state index is 13.0. The second-order valence-corrected chi connectivity index (χ2v) is 6.89. The normalized spacial score (nSPS) is 13.3. The van der Waals surface area contributed by atoms with Gasteiger partial charge in [0.15, 0.2) is 0 Å². The molecule has 0 unspecified atom stereocenters. The second kappa shape index (κ2) is 8.30. The highest BCUT2D eigenvalue weighted by Crippen LogP contribution is 2.29. The highest BCUT2D eigenvalue weighted by Gasteiger charge is 2.23. The van der Waals surface area contributed by atoms with Gasteiger partial charge in [-0.05, 0) is 55.3 Å². The van der Waals surface area contributed by atoms with Crippen LogP contribution in [0.2, 0.25) is 10.0 Å². The standard InChI is InChI=1S/C21H17Cl2N3O/c1-26(21(27)20-16(22)5-4-6-17(20)23)19-8-3-2-7-18(19)25-15-11-9-14(13-24)10-12-15/h2,4-7,9-12,25H,3,8H2,1H3. The van der Waals surface area contributed by atoms with Crippen molar-refractivity contribution >= 4 is 34.8 Å². The Morgan fingerprint density at radius 2 is 1.81 bits per heavy atom. The number of hydrogen-bond acceptors (Lipinski definition) is 3. The molecule has 0 aliphatic heterocycles. The molecular weight excluding hydrogens is 381 g/mol. The third-order valence-electron chi connectivity index (χ3n) is 4.32. The topological polar surface area (TPSA) is 56.1 Å². The lowest BCUT2D eigenvalue weighted by molar-refractivity contribution is 0.0831. The van der Waals surface area contributed by atoms with Crippen LogP contribution in [-0.4, -0.2) is 17.9 Å². The molecule has 0 radical (unpaired) electrons. The van der Waals surface area contributed by atoms with E-state index >= 15 is 0 Å². The lowest BCUT2D eigenvalue weighted by Crippen LogP contribution is -2.29. The summed E-state index contributed by atoms with van der Waals surface area (Å²) in [6.45, 7) is 0. The van der Waals surface area contributed by atoms with Crippen molar-refractivity contribution in [1.29, 1.82) is 5.26 Å². The number of benzene rings is 2. The Labute approximate surface area is 168 Å². The zero-order valence-electron chi connectivity index (χ0n) is 14.7. The zero-order valence-corrected chi connectivity index (χ0v) is 16.2. The Hall–Kier alpha value is -2.74. The van der Waals surface area contributed by atoms with E-state index in [9.17, 15) is 4.79 Å². The lowest BCUT2D eigenvalue weighted by atomic mass is 10.1. The highest BCUT2D eigenvalue weighted by molar-refractivity contribution is 6.39. The number of nitrogens with zero attached hydrogens (tertiary/aromatic N) is 2. The molecule has 4 nitrogen and oxygen atoms in total. The van der Waals surface area contributed by atoms with Crippen LogP contribution in [0.3, 0.4) is 0 Å². The Morgan fingerprint density at radius 1 is 1.15 bits per heavy atom. The van der Waals surface area contributed by atoms with Crippen LogP contribution in [-0.2, 0) is 0 Å². The van der Waals surface area contributed by atoms with Crippen LogP contribution < -0.4 is 5.32 Å². The smallest absolute Gasteiger partial charge is 0.260 e. The Balaban J connectivity index is 1.92. The quantitative estimate of drug-likeness (QED) is 0.728. The molecule has 1 N–H and O–H groups in total. The van der Waals surface area contributed by atoms with Gasteiger partial charge in [-0.1, -0.05) is 35.3 Å². The predicted molar refractivity (Wildman–Crippen MR) is 109 cm³/mol.